The van der Waals surface area contributed by atoms with Gasteiger partial charge in [-0.25, -0.2) is 9.67 Å². The number of halogens is 4. The van der Waals surface area contributed by atoms with Gasteiger partial charge in [-0.2, -0.15) is 5.10 Å². The van der Waals surface area contributed by atoms with E-state index >= 15 is 0 Å². The van der Waals surface area contributed by atoms with Crippen LogP contribution >= 0.6 is 11.6 Å². The van der Waals surface area contributed by atoms with Crippen LogP contribution in [-0.2, 0) is 6.42 Å². The Balaban J connectivity index is 1.79. The molecule has 1 N–H and O–H groups in total. The van der Waals surface area contributed by atoms with Crippen molar-refractivity contribution in [2.75, 3.05) is 0 Å². The molecule has 30 heavy (non-hydrogen) atoms. The van der Waals surface area contributed by atoms with E-state index in [4.69, 9.17) is 11.6 Å². The van der Waals surface area contributed by atoms with E-state index in [0.717, 1.165) is 5.56 Å². The summed E-state index contributed by atoms with van der Waals surface area (Å²) in [6, 6.07) is 11.0. The highest BCUT2D eigenvalue weighted by molar-refractivity contribution is 6.32. The third-order valence-electron chi connectivity index (χ3n) is 4.37. The molecule has 0 saturated heterocycles. The van der Waals surface area contributed by atoms with Gasteiger partial charge in [0.15, 0.2) is 5.65 Å². The monoisotopic (exact) mass is 434 g/mol. The summed E-state index contributed by atoms with van der Waals surface area (Å²) in [6.07, 6.45) is -3.55. The van der Waals surface area contributed by atoms with Crippen molar-refractivity contribution in [3.05, 3.63) is 81.0 Å². The minimum absolute atomic E-state index is 0.0792. The molecule has 0 bridgehead atoms. The Kier molecular flexibility index (Phi) is 4.98. The summed E-state index contributed by atoms with van der Waals surface area (Å²) < 4.78 is 43.6. The number of benzene rings is 2. The molecule has 0 saturated carbocycles. The molecular formula is C20H14ClF3N4O2. The van der Waals surface area contributed by atoms with Crippen molar-refractivity contribution < 1.29 is 17.9 Å². The molecule has 154 valence electrons. The fourth-order valence-electron chi connectivity index (χ4n) is 3.06. The maximum absolute atomic E-state index is 12.7. The van der Waals surface area contributed by atoms with Crippen LogP contribution in [-0.4, -0.2) is 26.1 Å². The second-order valence-electron chi connectivity index (χ2n) is 6.59. The van der Waals surface area contributed by atoms with Gasteiger partial charge in [-0.1, -0.05) is 35.9 Å². The number of alkyl halides is 3. The number of aromatic nitrogens is 4. The van der Waals surface area contributed by atoms with Crippen molar-refractivity contribution in [2.24, 2.45) is 0 Å². The minimum Gasteiger partial charge on any atom is -0.405 e. The van der Waals surface area contributed by atoms with E-state index in [2.05, 4.69) is 19.8 Å². The standard InChI is InChI=1S/C20H14ClF3N4O2/c1-11-6-7-14(21)15(8-11)28-18-13(10-25-28)19(29)27-17(26-18)9-12-4-2-3-5-16(12)30-20(22,23)24/h2-8,10H,9H2,1H3,(H,26,27,29). The summed E-state index contributed by atoms with van der Waals surface area (Å²) in [6.45, 7) is 1.88. The molecule has 4 aromatic rings. The molecule has 0 aliphatic carbocycles. The number of para-hydroxylation sites is 1. The largest absolute Gasteiger partial charge is 0.573 e. The molecule has 2 heterocycles. The summed E-state index contributed by atoms with van der Waals surface area (Å²) in [5, 5.41) is 4.87. The second-order valence-corrected chi connectivity index (χ2v) is 7.00. The van der Waals surface area contributed by atoms with Crippen LogP contribution in [0, 0.1) is 6.92 Å². The van der Waals surface area contributed by atoms with E-state index in [9.17, 15) is 18.0 Å². The molecule has 4 rings (SSSR count). The van der Waals surface area contributed by atoms with Crippen LogP contribution in [0.3, 0.4) is 0 Å². The summed E-state index contributed by atoms with van der Waals surface area (Å²) >= 11 is 6.28. The van der Waals surface area contributed by atoms with Gasteiger partial charge in [-0.3, -0.25) is 4.79 Å². The smallest absolute Gasteiger partial charge is 0.405 e. The number of rotatable bonds is 4. The molecule has 0 unspecified atom stereocenters. The van der Waals surface area contributed by atoms with Crippen molar-refractivity contribution in [3.63, 3.8) is 0 Å². The predicted molar refractivity (Wildman–Crippen MR) is 105 cm³/mol. The summed E-state index contributed by atoms with van der Waals surface area (Å²) in [5.41, 5.74) is 1.48. The molecule has 0 radical (unpaired) electrons. The van der Waals surface area contributed by atoms with Gasteiger partial charge in [0.25, 0.3) is 5.56 Å². The zero-order chi connectivity index (χ0) is 21.5. The first kappa shape index (κ1) is 20.0. The molecule has 0 aliphatic rings. The number of H-pyrrole nitrogens is 1. The molecule has 6 nitrogen and oxygen atoms in total. The molecule has 2 aromatic carbocycles. The van der Waals surface area contributed by atoms with Gasteiger partial charge >= 0.3 is 6.36 Å². The fraction of sp³-hybridized carbons (Fsp3) is 0.150. The van der Waals surface area contributed by atoms with Crippen LogP contribution in [0.2, 0.25) is 5.02 Å². The number of aryl methyl sites for hydroxylation is 1. The summed E-state index contributed by atoms with van der Waals surface area (Å²) in [5.74, 6) is -0.195. The average molecular weight is 435 g/mol. The number of hydrogen-bond acceptors (Lipinski definition) is 4. The van der Waals surface area contributed by atoms with E-state index in [0.29, 0.717) is 10.7 Å². The topological polar surface area (TPSA) is 72.8 Å². The molecule has 2 aromatic heterocycles. The van der Waals surface area contributed by atoms with Crippen LogP contribution < -0.4 is 10.3 Å². The lowest BCUT2D eigenvalue weighted by Crippen LogP contribution is -2.18. The average Bonchev–Trinajstić information content (AvgIpc) is 3.08. The molecular weight excluding hydrogens is 421 g/mol. The fourth-order valence-corrected chi connectivity index (χ4v) is 3.26. The number of nitrogens with one attached hydrogen (secondary N) is 1. The predicted octanol–water partition coefficient (Wildman–Crippen LogP) is 4.56. The second kappa shape index (κ2) is 7.49. The van der Waals surface area contributed by atoms with Crippen LogP contribution in [0.5, 0.6) is 5.75 Å². The lowest BCUT2D eigenvalue weighted by molar-refractivity contribution is -0.274. The van der Waals surface area contributed by atoms with E-state index in [1.807, 2.05) is 13.0 Å². The van der Waals surface area contributed by atoms with Crippen molar-refractivity contribution in [1.29, 1.82) is 0 Å². The van der Waals surface area contributed by atoms with E-state index in [1.165, 1.54) is 29.1 Å². The first-order valence-electron chi connectivity index (χ1n) is 8.78. The van der Waals surface area contributed by atoms with Gasteiger partial charge in [-0.05, 0) is 30.7 Å². The van der Waals surface area contributed by atoms with Crippen molar-refractivity contribution in [3.8, 4) is 11.4 Å². The third-order valence-corrected chi connectivity index (χ3v) is 4.69. The highest BCUT2D eigenvalue weighted by Crippen LogP contribution is 2.28. The molecule has 0 amide bonds. The number of hydrogen-bond donors (Lipinski definition) is 1. The number of nitrogens with zero attached hydrogens (tertiary/aromatic N) is 3. The summed E-state index contributed by atoms with van der Waals surface area (Å²) in [7, 11) is 0. The first-order valence-corrected chi connectivity index (χ1v) is 9.16. The lowest BCUT2D eigenvalue weighted by Gasteiger charge is -2.13. The number of fused-ring (bicyclic) bond motifs is 1. The van der Waals surface area contributed by atoms with Gasteiger partial charge < -0.3 is 9.72 Å². The van der Waals surface area contributed by atoms with Gasteiger partial charge in [0.05, 0.1) is 16.9 Å². The molecule has 0 fully saturated rings. The Morgan fingerprint density at radius 1 is 1.20 bits per heavy atom. The number of aromatic amines is 1. The minimum atomic E-state index is -4.83. The van der Waals surface area contributed by atoms with Crippen LogP contribution in [0.25, 0.3) is 16.7 Å². The van der Waals surface area contributed by atoms with E-state index < -0.39 is 11.9 Å². The lowest BCUT2D eigenvalue weighted by atomic mass is 10.1. The quantitative estimate of drug-likeness (QED) is 0.511. The normalized spacial score (nSPS) is 11.8. The van der Waals surface area contributed by atoms with Crippen molar-refractivity contribution in [2.45, 2.75) is 19.7 Å². The van der Waals surface area contributed by atoms with Gasteiger partial charge in [0, 0.05) is 12.0 Å². The Morgan fingerprint density at radius 2 is 1.97 bits per heavy atom. The van der Waals surface area contributed by atoms with Crippen LogP contribution in [0.1, 0.15) is 17.0 Å². The molecule has 0 atom stereocenters. The van der Waals surface area contributed by atoms with Crippen molar-refractivity contribution >= 4 is 22.6 Å². The Hall–Kier alpha value is -3.33. The van der Waals surface area contributed by atoms with E-state index in [-0.39, 0.29) is 34.6 Å². The van der Waals surface area contributed by atoms with Crippen LogP contribution in [0.15, 0.2) is 53.5 Å². The van der Waals surface area contributed by atoms with Crippen molar-refractivity contribution in [1.82, 2.24) is 19.7 Å². The zero-order valence-electron chi connectivity index (χ0n) is 15.5. The number of ether oxygens (including phenoxy) is 1. The maximum atomic E-state index is 12.7. The first-order chi connectivity index (χ1) is 14.2. The Labute approximate surface area is 172 Å². The van der Waals surface area contributed by atoms with Gasteiger partial charge in [0.2, 0.25) is 0 Å². The SMILES string of the molecule is Cc1ccc(Cl)c(-n2ncc3c(=O)[nH]c(Cc4ccccc4OC(F)(F)F)nc32)c1. The third kappa shape index (κ3) is 4.02. The molecule has 0 spiro atoms. The Morgan fingerprint density at radius 3 is 2.73 bits per heavy atom. The maximum Gasteiger partial charge on any atom is 0.573 e. The molecule has 0 aliphatic heterocycles. The Bertz CT molecular complexity index is 1300. The van der Waals surface area contributed by atoms with E-state index in [1.54, 1.807) is 18.2 Å². The van der Waals surface area contributed by atoms with Gasteiger partial charge in [-0.15, -0.1) is 13.2 Å². The summed E-state index contributed by atoms with van der Waals surface area (Å²) in [4.78, 5) is 19.5. The van der Waals surface area contributed by atoms with Gasteiger partial charge in [0.1, 0.15) is 17.0 Å². The zero-order valence-corrected chi connectivity index (χ0v) is 16.3. The van der Waals surface area contributed by atoms with Crippen LogP contribution in [0.4, 0.5) is 13.2 Å². The highest BCUT2D eigenvalue weighted by Gasteiger charge is 2.32. The molecule has 10 heteroatoms. The highest BCUT2D eigenvalue weighted by atomic mass is 35.5.